The van der Waals surface area contributed by atoms with Crippen LogP contribution in [0, 0.1) is 5.92 Å². The van der Waals surface area contributed by atoms with E-state index in [1.807, 2.05) is 0 Å². The smallest absolute Gasteiger partial charge is 0.317 e. The van der Waals surface area contributed by atoms with Crippen molar-refractivity contribution in [2.45, 2.75) is 32.5 Å². The lowest BCUT2D eigenvalue weighted by Gasteiger charge is -2.32. The van der Waals surface area contributed by atoms with E-state index in [-0.39, 0.29) is 6.03 Å². The Labute approximate surface area is 138 Å². The molecule has 3 rings (SSSR count). The highest BCUT2D eigenvalue weighted by Crippen LogP contribution is 2.18. The minimum absolute atomic E-state index is 0.0811. The highest BCUT2D eigenvalue weighted by atomic mass is 16.2. The maximum atomic E-state index is 11.6. The third-order valence-corrected chi connectivity index (χ3v) is 4.67. The maximum Gasteiger partial charge on any atom is 0.317 e. The number of carbonyl (C=O) groups excluding carboxylic acids is 1. The van der Waals surface area contributed by atoms with Crippen molar-refractivity contribution < 1.29 is 4.79 Å². The molecule has 7 heteroatoms. The zero-order valence-corrected chi connectivity index (χ0v) is 14.2. The molecule has 2 aliphatic heterocycles. The van der Waals surface area contributed by atoms with Crippen LogP contribution in [-0.4, -0.2) is 65.9 Å². The van der Waals surface area contributed by atoms with Crippen LogP contribution >= 0.6 is 0 Å². The van der Waals surface area contributed by atoms with Crippen LogP contribution in [0.2, 0.25) is 0 Å². The summed E-state index contributed by atoms with van der Waals surface area (Å²) in [4.78, 5) is 15.7. The van der Waals surface area contributed by atoms with Gasteiger partial charge < -0.3 is 15.5 Å². The number of piperidine rings is 1. The zero-order valence-electron chi connectivity index (χ0n) is 14.2. The maximum absolute atomic E-state index is 11.6. The second-order valence-electron chi connectivity index (χ2n) is 6.85. The van der Waals surface area contributed by atoms with Crippen molar-refractivity contribution in [1.29, 1.82) is 0 Å². The van der Waals surface area contributed by atoms with Crippen LogP contribution in [0.5, 0.6) is 0 Å². The number of urea groups is 1. The first-order chi connectivity index (χ1) is 11.1. The van der Waals surface area contributed by atoms with E-state index in [0.29, 0.717) is 6.54 Å². The molecule has 1 saturated heterocycles. The third kappa shape index (κ3) is 4.23. The van der Waals surface area contributed by atoms with Crippen molar-refractivity contribution in [1.82, 2.24) is 30.2 Å². The standard InChI is InChI=1S/C16H28N6O/c1-20(2)16(23)18-10-14-8-15-12-21(6-7-22(15)19-14)11-13-4-3-5-17-9-13/h8,13,17H,3-7,9-12H2,1-2H3,(H,18,23). The lowest BCUT2D eigenvalue weighted by atomic mass is 9.99. The highest BCUT2D eigenvalue weighted by molar-refractivity contribution is 5.73. The number of amides is 2. The number of aromatic nitrogens is 2. The Hall–Kier alpha value is -1.60. The van der Waals surface area contributed by atoms with E-state index in [0.717, 1.165) is 37.8 Å². The number of rotatable bonds is 4. The first kappa shape index (κ1) is 16.3. The van der Waals surface area contributed by atoms with Gasteiger partial charge in [0.25, 0.3) is 0 Å². The molecule has 2 aliphatic rings. The Kier molecular flexibility index (Phi) is 5.17. The van der Waals surface area contributed by atoms with E-state index in [1.54, 1.807) is 14.1 Å². The molecular formula is C16H28N6O. The van der Waals surface area contributed by atoms with Gasteiger partial charge in [-0.25, -0.2) is 4.79 Å². The van der Waals surface area contributed by atoms with Gasteiger partial charge in [0.1, 0.15) is 0 Å². The Balaban J connectivity index is 1.53. The zero-order chi connectivity index (χ0) is 16.2. The molecule has 1 unspecified atom stereocenters. The van der Waals surface area contributed by atoms with Crippen molar-refractivity contribution in [2.24, 2.45) is 5.92 Å². The molecule has 1 aromatic heterocycles. The summed E-state index contributed by atoms with van der Waals surface area (Å²) in [5.41, 5.74) is 2.20. The molecule has 0 aliphatic carbocycles. The topological polar surface area (TPSA) is 65.4 Å². The molecule has 1 aromatic rings. The molecule has 0 bridgehead atoms. The van der Waals surface area contributed by atoms with E-state index in [4.69, 9.17) is 0 Å². The number of hydrogen-bond donors (Lipinski definition) is 2. The van der Waals surface area contributed by atoms with Gasteiger partial charge in [-0.3, -0.25) is 9.58 Å². The van der Waals surface area contributed by atoms with E-state index in [2.05, 4.69) is 31.4 Å². The summed E-state index contributed by atoms with van der Waals surface area (Å²) >= 11 is 0. The average Bonchev–Trinajstić information content (AvgIpc) is 2.95. The first-order valence-corrected chi connectivity index (χ1v) is 8.55. The van der Waals surface area contributed by atoms with Crippen LogP contribution in [0.3, 0.4) is 0 Å². The Morgan fingerprint density at radius 1 is 1.48 bits per heavy atom. The summed E-state index contributed by atoms with van der Waals surface area (Å²) in [6.07, 6.45) is 2.64. The second-order valence-corrected chi connectivity index (χ2v) is 6.85. The Bertz CT molecular complexity index is 535. The van der Waals surface area contributed by atoms with E-state index < -0.39 is 0 Å². The van der Waals surface area contributed by atoms with E-state index >= 15 is 0 Å². The second kappa shape index (κ2) is 7.31. The van der Waals surface area contributed by atoms with Gasteiger partial charge in [-0.05, 0) is 37.9 Å². The molecule has 3 heterocycles. The van der Waals surface area contributed by atoms with Crippen molar-refractivity contribution in [2.75, 3.05) is 40.3 Å². The molecule has 128 valence electrons. The third-order valence-electron chi connectivity index (χ3n) is 4.67. The van der Waals surface area contributed by atoms with Crippen LogP contribution in [0.15, 0.2) is 6.07 Å². The SMILES string of the molecule is CN(C)C(=O)NCc1cc2n(n1)CCN(CC1CCCNC1)C2. The molecule has 2 amide bonds. The van der Waals surface area contributed by atoms with Crippen molar-refractivity contribution >= 4 is 6.03 Å². The summed E-state index contributed by atoms with van der Waals surface area (Å²) in [7, 11) is 3.48. The number of nitrogens with zero attached hydrogens (tertiary/aromatic N) is 4. The van der Waals surface area contributed by atoms with Gasteiger partial charge in [0, 0.05) is 33.7 Å². The summed E-state index contributed by atoms with van der Waals surface area (Å²) in [5, 5.41) is 11.0. The fourth-order valence-electron chi connectivity index (χ4n) is 3.39. The van der Waals surface area contributed by atoms with Crippen LogP contribution in [0.1, 0.15) is 24.2 Å². The van der Waals surface area contributed by atoms with Gasteiger partial charge in [-0.1, -0.05) is 0 Å². The summed E-state index contributed by atoms with van der Waals surface area (Å²) < 4.78 is 2.09. The van der Waals surface area contributed by atoms with Gasteiger partial charge in [-0.2, -0.15) is 5.10 Å². The van der Waals surface area contributed by atoms with Crippen LogP contribution in [-0.2, 0) is 19.6 Å². The predicted octanol–water partition coefficient (Wildman–Crippen LogP) is 0.470. The summed E-state index contributed by atoms with van der Waals surface area (Å²) in [6, 6.07) is 2.05. The lowest BCUT2D eigenvalue weighted by molar-refractivity contribution is 0.168. The molecule has 0 radical (unpaired) electrons. The summed E-state index contributed by atoms with van der Waals surface area (Å²) in [5.74, 6) is 0.775. The predicted molar refractivity (Wildman–Crippen MR) is 89.0 cm³/mol. The molecular weight excluding hydrogens is 292 g/mol. The molecule has 0 aromatic carbocycles. The first-order valence-electron chi connectivity index (χ1n) is 8.55. The number of hydrogen-bond acceptors (Lipinski definition) is 4. The number of fused-ring (bicyclic) bond motifs is 1. The van der Waals surface area contributed by atoms with Crippen LogP contribution in [0.25, 0.3) is 0 Å². The number of carbonyl (C=O) groups is 1. The van der Waals surface area contributed by atoms with Gasteiger partial charge >= 0.3 is 6.03 Å². The van der Waals surface area contributed by atoms with Gasteiger partial charge in [-0.15, -0.1) is 0 Å². The minimum atomic E-state index is -0.0811. The fourth-order valence-corrected chi connectivity index (χ4v) is 3.39. The van der Waals surface area contributed by atoms with Crippen molar-refractivity contribution in [3.05, 3.63) is 17.5 Å². The average molecular weight is 320 g/mol. The van der Waals surface area contributed by atoms with Gasteiger partial charge in [0.05, 0.1) is 24.5 Å². The lowest BCUT2D eigenvalue weighted by Crippen LogP contribution is -2.41. The molecule has 0 saturated carbocycles. The number of nitrogens with one attached hydrogen (secondary N) is 2. The van der Waals surface area contributed by atoms with Crippen molar-refractivity contribution in [3.8, 4) is 0 Å². The molecule has 1 fully saturated rings. The largest absolute Gasteiger partial charge is 0.332 e. The molecule has 7 nitrogen and oxygen atoms in total. The van der Waals surface area contributed by atoms with Gasteiger partial charge in [0.2, 0.25) is 0 Å². The molecule has 0 spiro atoms. The fraction of sp³-hybridized carbons (Fsp3) is 0.750. The highest BCUT2D eigenvalue weighted by Gasteiger charge is 2.22. The Morgan fingerprint density at radius 2 is 2.35 bits per heavy atom. The quantitative estimate of drug-likeness (QED) is 0.846. The normalized spacial score (nSPS) is 21.7. The minimum Gasteiger partial charge on any atom is -0.332 e. The Morgan fingerprint density at radius 3 is 3.09 bits per heavy atom. The van der Waals surface area contributed by atoms with Gasteiger partial charge in [0.15, 0.2) is 0 Å². The van der Waals surface area contributed by atoms with E-state index in [1.165, 1.54) is 36.5 Å². The molecule has 1 atom stereocenters. The monoisotopic (exact) mass is 320 g/mol. The molecule has 23 heavy (non-hydrogen) atoms. The summed E-state index contributed by atoms with van der Waals surface area (Å²) in [6.45, 7) is 6.95. The van der Waals surface area contributed by atoms with E-state index in [9.17, 15) is 4.79 Å². The van der Waals surface area contributed by atoms with Crippen LogP contribution in [0.4, 0.5) is 4.79 Å². The van der Waals surface area contributed by atoms with Crippen LogP contribution < -0.4 is 10.6 Å². The molecule has 2 N–H and O–H groups in total. The van der Waals surface area contributed by atoms with Crippen molar-refractivity contribution in [3.63, 3.8) is 0 Å².